The number of aromatic amines is 1. The van der Waals surface area contributed by atoms with Crippen LogP contribution in [0.15, 0.2) is 10.9 Å². The van der Waals surface area contributed by atoms with Crippen molar-refractivity contribution < 1.29 is 0 Å². The second-order valence-electron chi connectivity index (χ2n) is 4.38. The molecule has 0 bridgehead atoms. The number of hydrogen-bond donors (Lipinski definition) is 2. The van der Waals surface area contributed by atoms with Crippen LogP contribution in [0.2, 0.25) is 0 Å². The Morgan fingerprint density at radius 1 is 1.39 bits per heavy atom. The standard InChI is InChI=1S/C13H23N3OS/c1-5-10-15-11(8-12(17)16-10)14-9-13(6-2,7-3)18-4/h8H,5-7,9H2,1-4H3,(H2,14,15,16,17). The number of hydrogen-bond acceptors (Lipinski definition) is 4. The van der Waals surface area contributed by atoms with Crippen LogP contribution in [0.25, 0.3) is 0 Å². The highest BCUT2D eigenvalue weighted by Crippen LogP contribution is 2.30. The van der Waals surface area contributed by atoms with E-state index in [0.29, 0.717) is 5.82 Å². The van der Waals surface area contributed by atoms with Crippen molar-refractivity contribution in [2.24, 2.45) is 0 Å². The summed E-state index contributed by atoms with van der Waals surface area (Å²) in [7, 11) is 0. The van der Waals surface area contributed by atoms with E-state index in [1.807, 2.05) is 18.7 Å². The maximum atomic E-state index is 11.5. The van der Waals surface area contributed by atoms with Crippen molar-refractivity contribution in [3.63, 3.8) is 0 Å². The SMILES string of the molecule is CCc1nc(NCC(CC)(CC)SC)cc(=O)[nH]1. The molecule has 1 aromatic heterocycles. The number of anilines is 1. The average Bonchev–Trinajstić information content (AvgIpc) is 2.40. The van der Waals surface area contributed by atoms with Gasteiger partial charge >= 0.3 is 0 Å². The van der Waals surface area contributed by atoms with Crippen LogP contribution in [-0.4, -0.2) is 27.5 Å². The molecule has 0 radical (unpaired) electrons. The van der Waals surface area contributed by atoms with Gasteiger partial charge in [0.05, 0.1) is 0 Å². The minimum Gasteiger partial charge on any atom is -0.368 e. The van der Waals surface area contributed by atoms with Gasteiger partial charge in [0.25, 0.3) is 5.56 Å². The van der Waals surface area contributed by atoms with E-state index < -0.39 is 0 Å². The highest BCUT2D eigenvalue weighted by molar-refractivity contribution is 8.00. The van der Waals surface area contributed by atoms with Crippen LogP contribution in [0.1, 0.15) is 39.4 Å². The van der Waals surface area contributed by atoms with E-state index in [-0.39, 0.29) is 10.3 Å². The second-order valence-corrected chi connectivity index (χ2v) is 5.65. The lowest BCUT2D eigenvalue weighted by Crippen LogP contribution is -2.32. The Morgan fingerprint density at radius 2 is 2.06 bits per heavy atom. The molecule has 102 valence electrons. The van der Waals surface area contributed by atoms with Crippen LogP contribution >= 0.6 is 11.8 Å². The van der Waals surface area contributed by atoms with Gasteiger partial charge in [-0.3, -0.25) is 4.79 Å². The molecule has 0 aromatic carbocycles. The number of H-pyrrole nitrogens is 1. The fourth-order valence-electron chi connectivity index (χ4n) is 1.88. The Kier molecular flexibility index (Phi) is 5.72. The Labute approximate surface area is 113 Å². The Bertz CT molecular complexity index is 418. The molecular weight excluding hydrogens is 246 g/mol. The zero-order valence-electron chi connectivity index (χ0n) is 11.7. The van der Waals surface area contributed by atoms with Crippen LogP contribution in [0.5, 0.6) is 0 Å². The maximum Gasteiger partial charge on any atom is 0.252 e. The van der Waals surface area contributed by atoms with Crippen molar-refractivity contribution >= 4 is 17.6 Å². The number of aromatic nitrogens is 2. The van der Waals surface area contributed by atoms with Crippen molar-refractivity contribution in [1.29, 1.82) is 0 Å². The van der Waals surface area contributed by atoms with Crippen LogP contribution < -0.4 is 10.9 Å². The van der Waals surface area contributed by atoms with Gasteiger partial charge in [-0.2, -0.15) is 11.8 Å². The molecule has 4 nitrogen and oxygen atoms in total. The molecule has 0 aliphatic heterocycles. The van der Waals surface area contributed by atoms with Gasteiger partial charge in [0.2, 0.25) is 0 Å². The van der Waals surface area contributed by atoms with E-state index in [4.69, 9.17) is 0 Å². The summed E-state index contributed by atoms with van der Waals surface area (Å²) in [5.74, 6) is 1.41. The quantitative estimate of drug-likeness (QED) is 0.799. The molecule has 18 heavy (non-hydrogen) atoms. The van der Waals surface area contributed by atoms with Gasteiger partial charge in [-0.05, 0) is 19.1 Å². The van der Waals surface area contributed by atoms with Crippen molar-refractivity contribution in [2.75, 3.05) is 18.1 Å². The summed E-state index contributed by atoms with van der Waals surface area (Å²) < 4.78 is 0.219. The van der Waals surface area contributed by atoms with Crippen LogP contribution in [0.4, 0.5) is 5.82 Å². The number of aryl methyl sites for hydroxylation is 1. The Morgan fingerprint density at radius 3 is 2.56 bits per heavy atom. The second kappa shape index (κ2) is 6.83. The third kappa shape index (κ3) is 3.77. The number of thioether (sulfide) groups is 1. The zero-order chi connectivity index (χ0) is 13.6. The summed E-state index contributed by atoms with van der Waals surface area (Å²) in [5.41, 5.74) is -0.0906. The third-order valence-corrected chi connectivity index (χ3v) is 5.03. The lowest BCUT2D eigenvalue weighted by Gasteiger charge is -2.30. The molecule has 1 aromatic rings. The van der Waals surface area contributed by atoms with Gasteiger partial charge in [0.1, 0.15) is 11.6 Å². The minimum atomic E-state index is -0.0906. The maximum absolute atomic E-state index is 11.5. The molecule has 0 spiro atoms. The van der Waals surface area contributed by atoms with Crippen LogP contribution in [0.3, 0.4) is 0 Å². The van der Waals surface area contributed by atoms with E-state index in [1.54, 1.807) is 0 Å². The van der Waals surface area contributed by atoms with Gasteiger partial charge in [0, 0.05) is 23.8 Å². The van der Waals surface area contributed by atoms with E-state index in [9.17, 15) is 4.79 Å². The molecule has 0 aliphatic carbocycles. The molecule has 0 saturated heterocycles. The zero-order valence-corrected chi connectivity index (χ0v) is 12.5. The summed E-state index contributed by atoms with van der Waals surface area (Å²) in [4.78, 5) is 18.6. The molecule has 5 heteroatoms. The molecule has 0 atom stereocenters. The predicted molar refractivity (Wildman–Crippen MR) is 79.6 cm³/mol. The minimum absolute atomic E-state index is 0.0906. The van der Waals surface area contributed by atoms with Crippen LogP contribution in [-0.2, 0) is 6.42 Å². The van der Waals surface area contributed by atoms with Crippen molar-refractivity contribution in [2.45, 2.75) is 44.8 Å². The number of nitrogens with one attached hydrogen (secondary N) is 2. The Hall–Kier alpha value is -0.970. The molecular formula is C13H23N3OS. The van der Waals surface area contributed by atoms with Crippen LogP contribution in [0, 0.1) is 0 Å². The van der Waals surface area contributed by atoms with Gasteiger partial charge in [-0.15, -0.1) is 0 Å². The number of rotatable bonds is 7. The average molecular weight is 269 g/mol. The summed E-state index contributed by atoms with van der Waals surface area (Å²) in [6.07, 6.45) is 5.07. The lowest BCUT2D eigenvalue weighted by atomic mass is 10.0. The fourth-order valence-corrected chi connectivity index (χ4v) is 2.67. The van der Waals surface area contributed by atoms with E-state index in [2.05, 4.69) is 35.4 Å². The summed E-state index contributed by atoms with van der Waals surface area (Å²) in [6.45, 7) is 7.21. The molecule has 0 saturated carbocycles. The fraction of sp³-hybridized carbons (Fsp3) is 0.692. The summed E-state index contributed by atoms with van der Waals surface area (Å²) >= 11 is 1.87. The normalized spacial score (nSPS) is 11.6. The smallest absolute Gasteiger partial charge is 0.252 e. The largest absolute Gasteiger partial charge is 0.368 e. The third-order valence-electron chi connectivity index (χ3n) is 3.44. The van der Waals surface area contributed by atoms with Crippen molar-refractivity contribution in [1.82, 2.24) is 9.97 Å². The highest BCUT2D eigenvalue weighted by atomic mass is 32.2. The molecule has 0 unspecified atom stereocenters. The molecule has 1 heterocycles. The Balaban J connectivity index is 2.79. The summed E-state index contributed by atoms with van der Waals surface area (Å²) in [5, 5.41) is 3.30. The first-order chi connectivity index (χ1) is 8.59. The molecule has 0 fully saturated rings. The van der Waals surface area contributed by atoms with E-state index in [1.165, 1.54) is 6.07 Å². The lowest BCUT2D eigenvalue weighted by molar-refractivity contribution is 0.573. The van der Waals surface area contributed by atoms with Crippen molar-refractivity contribution in [3.8, 4) is 0 Å². The first-order valence-electron chi connectivity index (χ1n) is 6.48. The molecule has 2 N–H and O–H groups in total. The first kappa shape index (κ1) is 15.1. The molecule has 0 amide bonds. The van der Waals surface area contributed by atoms with Gasteiger partial charge in [-0.1, -0.05) is 20.8 Å². The molecule has 0 aliphatic rings. The predicted octanol–water partition coefficient (Wildman–Crippen LogP) is 2.67. The van der Waals surface area contributed by atoms with Crippen molar-refractivity contribution in [3.05, 3.63) is 22.2 Å². The van der Waals surface area contributed by atoms with E-state index in [0.717, 1.165) is 31.6 Å². The highest BCUT2D eigenvalue weighted by Gasteiger charge is 2.24. The van der Waals surface area contributed by atoms with Gasteiger partial charge < -0.3 is 10.3 Å². The summed E-state index contributed by atoms with van der Waals surface area (Å²) in [6, 6.07) is 1.52. The molecule has 1 rings (SSSR count). The first-order valence-corrected chi connectivity index (χ1v) is 7.70. The van der Waals surface area contributed by atoms with Gasteiger partial charge in [-0.25, -0.2) is 4.98 Å². The monoisotopic (exact) mass is 269 g/mol. The number of nitrogens with zero attached hydrogens (tertiary/aromatic N) is 1. The van der Waals surface area contributed by atoms with Gasteiger partial charge in [0.15, 0.2) is 0 Å². The van der Waals surface area contributed by atoms with E-state index >= 15 is 0 Å². The topological polar surface area (TPSA) is 57.8 Å².